The topological polar surface area (TPSA) is 110 Å². The summed E-state index contributed by atoms with van der Waals surface area (Å²) in [6, 6.07) is 5.48. The van der Waals surface area contributed by atoms with Gasteiger partial charge in [-0.25, -0.2) is 15.0 Å². The molecule has 1 aliphatic heterocycles. The number of nitrogens with zero attached hydrogens (tertiary/aromatic N) is 4. The van der Waals surface area contributed by atoms with Gasteiger partial charge in [-0.15, -0.1) is 0 Å². The van der Waals surface area contributed by atoms with Gasteiger partial charge in [0, 0.05) is 37.9 Å². The Labute approximate surface area is 137 Å². The molecule has 3 N–H and O–H groups in total. The van der Waals surface area contributed by atoms with Crippen LogP contribution >= 0.6 is 0 Å². The van der Waals surface area contributed by atoms with E-state index in [0.29, 0.717) is 17.2 Å². The van der Waals surface area contributed by atoms with Gasteiger partial charge in [-0.05, 0) is 12.1 Å². The molecule has 0 spiro atoms. The molecule has 1 aromatic carbocycles. The van der Waals surface area contributed by atoms with Crippen LogP contribution in [0.15, 0.2) is 35.2 Å². The van der Waals surface area contributed by atoms with E-state index >= 15 is 0 Å². The first kappa shape index (κ1) is 14.6. The molecule has 1 aliphatic rings. The van der Waals surface area contributed by atoms with Gasteiger partial charge in [0.1, 0.15) is 5.52 Å². The van der Waals surface area contributed by atoms with Gasteiger partial charge in [-0.2, -0.15) is 0 Å². The summed E-state index contributed by atoms with van der Waals surface area (Å²) in [7, 11) is 0. The number of hydrogen-bond acceptors (Lipinski definition) is 7. The third kappa shape index (κ3) is 2.56. The smallest absolute Gasteiger partial charge is 0.252 e. The molecule has 1 fully saturated rings. The minimum absolute atomic E-state index is 0.285. The average Bonchev–Trinajstić information content (AvgIpc) is 3.09. The van der Waals surface area contributed by atoms with Crippen LogP contribution in [-0.4, -0.2) is 47.0 Å². The molecule has 0 radical (unpaired) electrons. The molecule has 3 heterocycles. The SMILES string of the molecule is NC(=O)c1cnc(N2CCNCC2)nc1-c1ccc2ncoc2c1. The zero-order chi connectivity index (χ0) is 16.5. The van der Waals surface area contributed by atoms with E-state index in [9.17, 15) is 4.79 Å². The lowest BCUT2D eigenvalue weighted by molar-refractivity contribution is 0.100. The minimum Gasteiger partial charge on any atom is -0.443 e. The summed E-state index contributed by atoms with van der Waals surface area (Å²) in [5.41, 5.74) is 8.40. The van der Waals surface area contributed by atoms with Crippen molar-refractivity contribution in [1.29, 1.82) is 0 Å². The molecule has 2 aromatic heterocycles. The van der Waals surface area contributed by atoms with Crippen molar-refractivity contribution in [2.45, 2.75) is 0 Å². The van der Waals surface area contributed by atoms with Gasteiger partial charge >= 0.3 is 0 Å². The number of primary amides is 1. The largest absolute Gasteiger partial charge is 0.443 e. The third-order valence-electron chi connectivity index (χ3n) is 4.05. The van der Waals surface area contributed by atoms with Crippen LogP contribution in [0.4, 0.5) is 5.95 Å². The monoisotopic (exact) mass is 324 g/mol. The van der Waals surface area contributed by atoms with Crippen molar-refractivity contribution in [3.63, 3.8) is 0 Å². The summed E-state index contributed by atoms with van der Waals surface area (Å²) >= 11 is 0. The highest BCUT2D eigenvalue weighted by Crippen LogP contribution is 2.26. The van der Waals surface area contributed by atoms with Crippen LogP contribution in [0.25, 0.3) is 22.4 Å². The predicted molar refractivity (Wildman–Crippen MR) is 88.6 cm³/mol. The Morgan fingerprint density at radius 3 is 2.88 bits per heavy atom. The number of rotatable bonds is 3. The lowest BCUT2D eigenvalue weighted by Crippen LogP contribution is -2.44. The van der Waals surface area contributed by atoms with Gasteiger partial charge in [0.25, 0.3) is 5.91 Å². The molecular weight excluding hydrogens is 308 g/mol. The number of piperazine rings is 1. The van der Waals surface area contributed by atoms with E-state index in [2.05, 4.69) is 25.2 Å². The summed E-state index contributed by atoms with van der Waals surface area (Å²) < 4.78 is 5.34. The normalized spacial score (nSPS) is 14.9. The number of nitrogens with two attached hydrogens (primary N) is 1. The van der Waals surface area contributed by atoms with Crippen LogP contribution in [0.2, 0.25) is 0 Å². The number of aromatic nitrogens is 3. The first-order valence-electron chi connectivity index (χ1n) is 7.68. The van der Waals surface area contributed by atoms with E-state index in [1.807, 2.05) is 12.1 Å². The zero-order valence-corrected chi connectivity index (χ0v) is 12.9. The van der Waals surface area contributed by atoms with E-state index in [4.69, 9.17) is 10.2 Å². The van der Waals surface area contributed by atoms with E-state index < -0.39 is 5.91 Å². The minimum atomic E-state index is -0.561. The number of benzene rings is 1. The average molecular weight is 324 g/mol. The van der Waals surface area contributed by atoms with Crippen molar-refractivity contribution in [1.82, 2.24) is 20.3 Å². The predicted octanol–water partition coefficient (Wildman–Crippen LogP) is 0.793. The number of carbonyl (C=O) groups excluding carboxylic acids is 1. The summed E-state index contributed by atoms with van der Waals surface area (Å²) in [5, 5.41) is 3.29. The highest BCUT2D eigenvalue weighted by atomic mass is 16.3. The summed E-state index contributed by atoms with van der Waals surface area (Å²) in [4.78, 5) is 26.9. The Hall–Kier alpha value is -3.00. The first-order valence-corrected chi connectivity index (χ1v) is 7.68. The fourth-order valence-corrected chi connectivity index (χ4v) is 2.79. The lowest BCUT2D eigenvalue weighted by atomic mass is 10.1. The summed E-state index contributed by atoms with van der Waals surface area (Å²) in [5.74, 6) is 0.0312. The summed E-state index contributed by atoms with van der Waals surface area (Å²) in [6.07, 6.45) is 2.88. The van der Waals surface area contributed by atoms with E-state index in [0.717, 1.165) is 37.3 Å². The maximum Gasteiger partial charge on any atom is 0.252 e. The highest BCUT2D eigenvalue weighted by Gasteiger charge is 2.19. The molecule has 8 nitrogen and oxygen atoms in total. The van der Waals surface area contributed by atoms with Gasteiger partial charge in [-0.3, -0.25) is 4.79 Å². The van der Waals surface area contributed by atoms with Crippen LogP contribution in [0, 0.1) is 0 Å². The molecule has 1 amide bonds. The Bertz CT molecular complexity index is 900. The van der Waals surface area contributed by atoms with Crippen molar-refractivity contribution < 1.29 is 9.21 Å². The van der Waals surface area contributed by atoms with Gasteiger partial charge in [0.15, 0.2) is 12.0 Å². The van der Waals surface area contributed by atoms with E-state index in [-0.39, 0.29) is 5.56 Å². The molecule has 8 heteroatoms. The lowest BCUT2D eigenvalue weighted by Gasteiger charge is -2.27. The maximum absolute atomic E-state index is 11.8. The highest BCUT2D eigenvalue weighted by molar-refractivity contribution is 5.99. The van der Waals surface area contributed by atoms with Crippen molar-refractivity contribution in [3.8, 4) is 11.3 Å². The number of anilines is 1. The maximum atomic E-state index is 11.8. The van der Waals surface area contributed by atoms with Gasteiger partial charge in [0.2, 0.25) is 5.95 Å². The molecule has 24 heavy (non-hydrogen) atoms. The number of nitrogens with one attached hydrogen (secondary N) is 1. The van der Waals surface area contributed by atoms with Crippen molar-refractivity contribution in [2.24, 2.45) is 5.73 Å². The Kier molecular flexibility index (Phi) is 3.58. The van der Waals surface area contributed by atoms with Crippen LogP contribution in [-0.2, 0) is 0 Å². The molecule has 3 aromatic rings. The molecule has 0 unspecified atom stereocenters. The van der Waals surface area contributed by atoms with Gasteiger partial charge in [-0.1, -0.05) is 6.07 Å². The zero-order valence-electron chi connectivity index (χ0n) is 12.9. The molecule has 0 bridgehead atoms. The first-order chi connectivity index (χ1) is 11.7. The molecule has 0 saturated carbocycles. The van der Waals surface area contributed by atoms with Crippen LogP contribution in [0.1, 0.15) is 10.4 Å². The fraction of sp³-hybridized carbons (Fsp3) is 0.250. The number of fused-ring (bicyclic) bond motifs is 1. The number of hydrogen-bond donors (Lipinski definition) is 2. The second kappa shape index (κ2) is 5.89. The number of amides is 1. The standard InChI is InChI=1S/C16H16N6O2/c17-15(23)11-8-19-16(22-5-3-18-4-6-22)21-14(11)10-1-2-12-13(7-10)24-9-20-12/h1-2,7-9,18H,3-6H2,(H2,17,23). The molecule has 1 saturated heterocycles. The second-order valence-electron chi connectivity index (χ2n) is 5.57. The van der Waals surface area contributed by atoms with E-state index in [1.54, 1.807) is 6.07 Å². The number of oxazole rings is 1. The van der Waals surface area contributed by atoms with Crippen LogP contribution in [0.5, 0.6) is 0 Å². The van der Waals surface area contributed by atoms with E-state index in [1.165, 1.54) is 12.6 Å². The van der Waals surface area contributed by atoms with Gasteiger partial charge in [0.05, 0.1) is 11.3 Å². The van der Waals surface area contributed by atoms with Crippen molar-refractivity contribution >= 4 is 23.0 Å². The number of carbonyl (C=O) groups is 1. The Morgan fingerprint density at radius 2 is 2.08 bits per heavy atom. The second-order valence-corrected chi connectivity index (χ2v) is 5.57. The summed E-state index contributed by atoms with van der Waals surface area (Å²) in [6.45, 7) is 3.38. The van der Waals surface area contributed by atoms with Crippen LogP contribution < -0.4 is 16.0 Å². The molecule has 0 atom stereocenters. The Balaban J connectivity index is 1.82. The van der Waals surface area contributed by atoms with Crippen LogP contribution in [0.3, 0.4) is 0 Å². The molecule has 4 rings (SSSR count). The third-order valence-corrected chi connectivity index (χ3v) is 4.05. The van der Waals surface area contributed by atoms with Gasteiger partial charge < -0.3 is 20.4 Å². The van der Waals surface area contributed by atoms with Crippen molar-refractivity contribution in [3.05, 3.63) is 36.4 Å². The fourth-order valence-electron chi connectivity index (χ4n) is 2.79. The Morgan fingerprint density at radius 1 is 1.25 bits per heavy atom. The molecule has 122 valence electrons. The molecular formula is C16H16N6O2. The quantitative estimate of drug-likeness (QED) is 0.733. The molecule has 0 aliphatic carbocycles. The van der Waals surface area contributed by atoms with Crippen molar-refractivity contribution in [2.75, 3.05) is 31.1 Å².